The van der Waals surface area contributed by atoms with Crippen molar-refractivity contribution in [2.45, 2.75) is 13.5 Å². The van der Waals surface area contributed by atoms with Gasteiger partial charge in [-0.3, -0.25) is 9.25 Å². The quantitative estimate of drug-likeness (QED) is 0.731. The Morgan fingerprint density at radius 3 is 2.89 bits per heavy atom. The molecule has 0 saturated heterocycles. The van der Waals surface area contributed by atoms with Crippen LogP contribution in [0.15, 0.2) is 22.9 Å². The molecule has 3 aromatic heterocycles. The fraction of sp³-hybridized carbons (Fsp3) is 0.250. The molecule has 19 heavy (non-hydrogen) atoms. The average molecular weight is 338 g/mol. The van der Waals surface area contributed by atoms with E-state index in [0.29, 0.717) is 11.3 Å². The molecule has 0 unspecified atom stereocenters. The molecule has 7 heteroatoms. The number of hydrogen-bond donors (Lipinski definition) is 1. The van der Waals surface area contributed by atoms with Crippen LogP contribution in [0.25, 0.3) is 11.2 Å². The number of halogens is 1. The summed E-state index contributed by atoms with van der Waals surface area (Å²) in [5.41, 5.74) is 4.06. The summed E-state index contributed by atoms with van der Waals surface area (Å²) in [5, 5.41) is 4.25. The number of pyridine rings is 1. The van der Waals surface area contributed by atoms with Gasteiger partial charge < -0.3 is 4.98 Å². The van der Waals surface area contributed by atoms with Crippen molar-refractivity contribution in [2.75, 3.05) is 0 Å². The molecule has 0 aliphatic carbocycles. The van der Waals surface area contributed by atoms with Gasteiger partial charge in [0.25, 0.3) is 0 Å². The molecule has 0 fully saturated rings. The van der Waals surface area contributed by atoms with Crippen molar-refractivity contribution in [3.8, 4) is 0 Å². The van der Waals surface area contributed by atoms with Crippen LogP contribution in [0.5, 0.6) is 0 Å². The van der Waals surface area contributed by atoms with Gasteiger partial charge in [0.2, 0.25) is 0 Å². The second-order valence-electron chi connectivity index (χ2n) is 4.42. The van der Waals surface area contributed by atoms with Crippen molar-refractivity contribution in [3.05, 3.63) is 39.0 Å². The van der Waals surface area contributed by atoms with Crippen molar-refractivity contribution in [1.29, 1.82) is 0 Å². The summed E-state index contributed by atoms with van der Waals surface area (Å²) in [5.74, 6) is 0. The Balaban J connectivity index is 2.13. The number of aromatic nitrogens is 5. The number of aromatic amines is 1. The van der Waals surface area contributed by atoms with Gasteiger partial charge in [0, 0.05) is 29.0 Å². The fourth-order valence-corrected chi connectivity index (χ4v) is 2.63. The number of hydrogen-bond acceptors (Lipinski definition) is 3. The van der Waals surface area contributed by atoms with Crippen LogP contribution in [0.2, 0.25) is 0 Å². The summed E-state index contributed by atoms with van der Waals surface area (Å²) in [6, 6.07) is 1.98. The van der Waals surface area contributed by atoms with E-state index in [-0.39, 0.29) is 0 Å². The number of nitrogens with zero attached hydrogens (tertiary/aromatic N) is 4. The first kappa shape index (κ1) is 12.6. The Labute approximate surface area is 123 Å². The minimum absolute atomic E-state index is 0.670. The van der Waals surface area contributed by atoms with Crippen molar-refractivity contribution in [3.63, 3.8) is 0 Å². The van der Waals surface area contributed by atoms with E-state index in [1.54, 1.807) is 6.20 Å². The van der Waals surface area contributed by atoms with Gasteiger partial charge in [0.05, 0.1) is 18.3 Å². The number of imidazole rings is 1. The molecule has 0 saturated carbocycles. The third-order valence-electron chi connectivity index (χ3n) is 3.24. The van der Waals surface area contributed by atoms with E-state index in [9.17, 15) is 0 Å². The maximum Gasteiger partial charge on any atom is 0.179 e. The molecule has 0 bridgehead atoms. The summed E-state index contributed by atoms with van der Waals surface area (Å²) in [7, 11) is 1.93. The average Bonchev–Trinajstić information content (AvgIpc) is 2.84. The molecule has 1 N–H and O–H groups in total. The number of nitrogens with one attached hydrogen (secondary N) is 1. The van der Waals surface area contributed by atoms with Gasteiger partial charge in [-0.05, 0) is 41.1 Å². The van der Waals surface area contributed by atoms with Crippen molar-refractivity contribution < 1.29 is 0 Å². The van der Waals surface area contributed by atoms with E-state index in [2.05, 4.69) is 31.0 Å². The lowest BCUT2D eigenvalue weighted by atomic mass is 10.2. The lowest BCUT2D eigenvalue weighted by Crippen LogP contribution is -2.02. The van der Waals surface area contributed by atoms with E-state index >= 15 is 0 Å². The number of rotatable bonds is 2. The van der Waals surface area contributed by atoms with Gasteiger partial charge in [-0.1, -0.05) is 0 Å². The molecule has 0 aromatic carbocycles. The predicted octanol–water partition coefficient (Wildman–Crippen LogP) is 2.95. The number of aryl methyl sites for hydroxylation is 1. The first-order valence-electron chi connectivity index (χ1n) is 5.78. The Hall–Kier alpha value is -1.47. The number of fused-ring (bicyclic) bond motifs is 1. The lowest BCUT2D eigenvalue weighted by Gasteiger charge is -2.03. The maximum atomic E-state index is 5.37. The summed E-state index contributed by atoms with van der Waals surface area (Å²) < 4.78 is 5.45. The molecule has 3 heterocycles. The highest BCUT2D eigenvalue weighted by molar-refractivity contribution is 9.10. The third kappa shape index (κ3) is 2.12. The second-order valence-corrected chi connectivity index (χ2v) is 5.72. The molecular weight excluding hydrogens is 326 g/mol. The third-order valence-corrected chi connectivity index (χ3v) is 4.00. The van der Waals surface area contributed by atoms with Gasteiger partial charge in [0.1, 0.15) is 0 Å². The normalized spacial score (nSPS) is 11.3. The Bertz CT molecular complexity index is 813. The molecule has 0 radical (unpaired) electrons. The van der Waals surface area contributed by atoms with Gasteiger partial charge >= 0.3 is 0 Å². The van der Waals surface area contributed by atoms with E-state index in [1.165, 1.54) is 0 Å². The lowest BCUT2D eigenvalue weighted by molar-refractivity contribution is 0.731. The highest BCUT2D eigenvalue weighted by atomic mass is 79.9. The molecular formula is C12H12BrN5S. The van der Waals surface area contributed by atoms with Crippen LogP contribution < -0.4 is 0 Å². The Morgan fingerprint density at radius 1 is 1.42 bits per heavy atom. The van der Waals surface area contributed by atoms with Gasteiger partial charge in [-0.15, -0.1) is 0 Å². The SMILES string of the molecule is Cc1c(Cn2c(=S)[nH]c3cc(Br)cnc32)cnn1C. The molecule has 98 valence electrons. The minimum Gasteiger partial charge on any atom is -0.329 e. The molecule has 0 aliphatic rings. The molecule has 0 aliphatic heterocycles. The van der Waals surface area contributed by atoms with E-state index in [1.807, 2.05) is 35.5 Å². The molecule has 3 aromatic rings. The van der Waals surface area contributed by atoms with Gasteiger partial charge in [-0.25, -0.2) is 4.98 Å². The van der Waals surface area contributed by atoms with Crippen molar-refractivity contribution >= 4 is 39.3 Å². The van der Waals surface area contributed by atoms with Crippen LogP contribution in [0.4, 0.5) is 0 Å². The van der Waals surface area contributed by atoms with Crippen LogP contribution >= 0.6 is 28.1 Å². The van der Waals surface area contributed by atoms with Crippen molar-refractivity contribution in [1.82, 2.24) is 24.3 Å². The van der Waals surface area contributed by atoms with Crippen LogP contribution in [-0.4, -0.2) is 24.3 Å². The summed E-state index contributed by atoms with van der Waals surface area (Å²) in [6.07, 6.45) is 3.65. The summed E-state index contributed by atoms with van der Waals surface area (Å²) in [4.78, 5) is 7.60. The van der Waals surface area contributed by atoms with Crippen LogP contribution in [-0.2, 0) is 13.6 Å². The number of H-pyrrole nitrogens is 1. The minimum atomic E-state index is 0.670. The smallest absolute Gasteiger partial charge is 0.179 e. The topological polar surface area (TPSA) is 51.4 Å². The molecule has 5 nitrogen and oxygen atoms in total. The van der Waals surface area contributed by atoms with Gasteiger partial charge in [0.15, 0.2) is 10.4 Å². The molecule has 0 amide bonds. The zero-order chi connectivity index (χ0) is 13.6. The van der Waals surface area contributed by atoms with Gasteiger partial charge in [-0.2, -0.15) is 5.10 Å². The monoisotopic (exact) mass is 337 g/mol. The zero-order valence-corrected chi connectivity index (χ0v) is 12.9. The fourth-order valence-electron chi connectivity index (χ4n) is 2.03. The maximum absolute atomic E-state index is 5.37. The summed E-state index contributed by atoms with van der Waals surface area (Å²) >= 11 is 8.78. The first-order chi connectivity index (χ1) is 9.06. The standard InChI is InChI=1S/C12H12BrN5S/c1-7-8(4-15-17(7)2)6-18-11-10(16-12(18)19)3-9(13)5-14-11/h3-5H,6H2,1-2H3,(H,16,19). The Kier molecular flexibility index (Phi) is 3.02. The molecule has 3 rings (SSSR count). The van der Waals surface area contributed by atoms with Crippen molar-refractivity contribution in [2.24, 2.45) is 7.05 Å². The first-order valence-corrected chi connectivity index (χ1v) is 6.98. The Morgan fingerprint density at radius 2 is 2.21 bits per heavy atom. The molecule has 0 spiro atoms. The highest BCUT2D eigenvalue weighted by Gasteiger charge is 2.10. The van der Waals surface area contributed by atoms with E-state index in [0.717, 1.165) is 26.9 Å². The van der Waals surface area contributed by atoms with Crippen LogP contribution in [0.3, 0.4) is 0 Å². The van der Waals surface area contributed by atoms with E-state index < -0.39 is 0 Å². The zero-order valence-electron chi connectivity index (χ0n) is 10.5. The summed E-state index contributed by atoms with van der Waals surface area (Å²) in [6.45, 7) is 2.72. The predicted molar refractivity (Wildman–Crippen MR) is 79.7 cm³/mol. The van der Waals surface area contributed by atoms with E-state index in [4.69, 9.17) is 12.2 Å². The van der Waals surface area contributed by atoms with Crippen LogP contribution in [0, 0.1) is 11.7 Å². The second kappa shape index (κ2) is 4.57. The molecule has 0 atom stereocenters. The largest absolute Gasteiger partial charge is 0.329 e. The van der Waals surface area contributed by atoms with Crippen LogP contribution in [0.1, 0.15) is 11.3 Å². The highest BCUT2D eigenvalue weighted by Crippen LogP contribution is 2.18.